The van der Waals surface area contributed by atoms with E-state index in [1.54, 1.807) is 36.4 Å². The quantitative estimate of drug-likeness (QED) is 0.626. The number of para-hydroxylation sites is 1. The van der Waals surface area contributed by atoms with Gasteiger partial charge in [-0.3, -0.25) is 9.59 Å². The van der Waals surface area contributed by atoms with E-state index in [1.807, 2.05) is 53.4 Å². The zero-order valence-electron chi connectivity index (χ0n) is 17.4. The van der Waals surface area contributed by atoms with Crippen molar-refractivity contribution in [2.75, 3.05) is 25.0 Å². The third-order valence-electron chi connectivity index (χ3n) is 5.56. The van der Waals surface area contributed by atoms with Crippen molar-refractivity contribution in [1.82, 2.24) is 4.90 Å². The lowest BCUT2D eigenvalue weighted by Crippen LogP contribution is -2.39. The molecule has 0 bridgehead atoms. The summed E-state index contributed by atoms with van der Waals surface area (Å²) in [5.41, 5.74) is 1.90. The van der Waals surface area contributed by atoms with Crippen LogP contribution in [-0.4, -0.2) is 36.4 Å². The van der Waals surface area contributed by atoms with Gasteiger partial charge in [0.05, 0.1) is 6.61 Å². The molecule has 31 heavy (non-hydrogen) atoms. The van der Waals surface area contributed by atoms with Gasteiger partial charge >= 0.3 is 0 Å². The number of hydrogen-bond donors (Lipinski definition) is 1. The molecule has 3 aromatic rings. The van der Waals surface area contributed by atoms with Gasteiger partial charge in [0.15, 0.2) is 0 Å². The number of carbonyl (C=O) groups excluding carboxylic acids is 2. The van der Waals surface area contributed by atoms with Gasteiger partial charge in [-0.15, -0.1) is 0 Å². The standard InChI is InChI=1S/C26H26N2O3/c29-25(21-7-3-1-4-8-21)27-23-13-11-22(12-14-23)26(30)28-17-15-20(16-18-28)19-31-24-9-5-2-6-10-24/h1-14,20H,15-19H2,(H,27,29). The van der Waals surface area contributed by atoms with E-state index in [-0.39, 0.29) is 11.8 Å². The van der Waals surface area contributed by atoms with Crippen molar-refractivity contribution in [3.8, 4) is 5.75 Å². The Labute approximate surface area is 182 Å². The van der Waals surface area contributed by atoms with Crippen LogP contribution < -0.4 is 10.1 Å². The first kappa shape index (κ1) is 20.7. The largest absolute Gasteiger partial charge is 0.493 e. The maximum atomic E-state index is 12.8. The van der Waals surface area contributed by atoms with Crippen LogP contribution in [0.5, 0.6) is 5.75 Å². The number of amides is 2. The fourth-order valence-corrected chi connectivity index (χ4v) is 3.71. The van der Waals surface area contributed by atoms with Crippen molar-refractivity contribution in [2.24, 2.45) is 5.92 Å². The topological polar surface area (TPSA) is 58.6 Å². The number of benzene rings is 3. The van der Waals surface area contributed by atoms with E-state index in [4.69, 9.17) is 4.74 Å². The molecule has 1 N–H and O–H groups in total. The number of anilines is 1. The van der Waals surface area contributed by atoms with E-state index >= 15 is 0 Å². The maximum Gasteiger partial charge on any atom is 0.255 e. The molecule has 5 nitrogen and oxygen atoms in total. The minimum atomic E-state index is -0.167. The molecule has 1 saturated heterocycles. The van der Waals surface area contributed by atoms with Crippen molar-refractivity contribution >= 4 is 17.5 Å². The Hall–Kier alpha value is -3.60. The monoisotopic (exact) mass is 414 g/mol. The average Bonchev–Trinajstić information content (AvgIpc) is 2.84. The number of likely N-dealkylation sites (tertiary alicyclic amines) is 1. The SMILES string of the molecule is O=C(Nc1ccc(C(=O)N2CCC(COc3ccccc3)CC2)cc1)c1ccccc1. The number of ether oxygens (including phenoxy) is 1. The van der Waals surface area contributed by atoms with Gasteiger partial charge in [-0.1, -0.05) is 36.4 Å². The summed E-state index contributed by atoms with van der Waals surface area (Å²) >= 11 is 0. The first-order valence-corrected chi connectivity index (χ1v) is 10.6. The zero-order valence-corrected chi connectivity index (χ0v) is 17.4. The Morgan fingerprint density at radius 2 is 1.42 bits per heavy atom. The Bertz CT molecular complexity index is 996. The Kier molecular flexibility index (Phi) is 6.62. The minimum absolute atomic E-state index is 0.0309. The van der Waals surface area contributed by atoms with Crippen LogP contribution in [0.1, 0.15) is 33.6 Å². The molecule has 0 saturated carbocycles. The Morgan fingerprint density at radius 1 is 0.806 bits per heavy atom. The normalized spacial score (nSPS) is 14.1. The van der Waals surface area contributed by atoms with Gasteiger partial charge in [-0.25, -0.2) is 0 Å². The second kappa shape index (κ2) is 9.94. The van der Waals surface area contributed by atoms with E-state index in [1.165, 1.54) is 0 Å². The summed E-state index contributed by atoms with van der Waals surface area (Å²) in [7, 11) is 0. The van der Waals surface area contributed by atoms with Gasteiger partial charge in [0.1, 0.15) is 5.75 Å². The Morgan fingerprint density at radius 3 is 2.06 bits per heavy atom. The summed E-state index contributed by atoms with van der Waals surface area (Å²) in [6, 6.07) is 26.0. The van der Waals surface area contributed by atoms with Gasteiger partial charge in [0.25, 0.3) is 11.8 Å². The zero-order chi connectivity index (χ0) is 21.5. The van der Waals surface area contributed by atoms with Gasteiger partial charge in [0, 0.05) is 29.9 Å². The highest BCUT2D eigenvalue weighted by atomic mass is 16.5. The smallest absolute Gasteiger partial charge is 0.255 e. The van der Waals surface area contributed by atoms with E-state index in [2.05, 4.69) is 5.32 Å². The summed E-state index contributed by atoms with van der Waals surface area (Å²) in [5.74, 6) is 1.21. The van der Waals surface area contributed by atoms with Crippen LogP contribution in [0.25, 0.3) is 0 Å². The van der Waals surface area contributed by atoms with Crippen molar-refractivity contribution in [2.45, 2.75) is 12.8 Å². The highest BCUT2D eigenvalue weighted by molar-refractivity contribution is 6.04. The number of piperidine rings is 1. The molecule has 158 valence electrons. The lowest BCUT2D eigenvalue weighted by atomic mass is 9.97. The molecule has 1 aliphatic heterocycles. The predicted molar refractivity (Wildman–Crippen MR) is 121 cm³/mol. The lowest BCUT2D eigenvalue weighted by molar-refractivity contribution is 0.0661. The second-order valence-electron chi connectivity index (χ2n) is 7.76. The minimum Gasteiger partial charge on any atom is -0.493 e. The van der Waals surface area contributed by atoms with E-state index < -0.39 is 0 Å². The van der Waals surface area contributed by atoms with Crippen LogP contribution in [0.15, 0.2) is 84.9 Å². The van der Waals surface area contributed by atoms with Crippen LogP contribution in [0.3, 0.4) is 0 Å². The molecular formula is C26H26N2O3. The molecule has 1 heterocycles. The molecule has 5 heteroatoms. The molecule has 2 amide bonds. The van der Waals surface area contributed by atoms with Crippen molar-refractivity contribution < 1.29 is 14.3 Å². The van der Waals surface area contributed by atoms with Gasteiger partial charge in [-0.2, -0.15) is 0 Å². The van der Waals surface area contributed by atoms with Crippen molar-refractivity contribution in [1.29, 1.82) is 0 Å². The van der Waals surface area contributed by atoms with Crippen LogP contribution in [0.2, 0.25) is 0 Å². The predicted octanol–water partition coefficient (Wildman–Crippen LogP) is 4.87. The van der Waals surface area contributed by atoms with Crippen LogP contribution in [0.4, 0.5) is 5.69 Å². The molecule has 0 aliphatic carbocycles. The summed E-state index contributed by atoms with van der Waals surface area (Å²) < 4.78 is 5.86. The van der Waals surface area contributed by atoms with Gasteiger partial charge in [-0.05, 0) is 67.3 Å². The molecule has 3 aromatic carbocycles. The molecule has 4 rings (SSSR count). The number of carbonyl (C=O) groups is 2. The summed E-state index contributed by atoms with van der Waals surface area (Å²) in [6.45, 7) is 2.14. The summed E-state index contributed by atoms with van der Waals surface area (Å²) in [6.07, 6.45) is 1.87. The van der Waals surface area contributed by atoms with E-state index in [0.717, 1.165) is 31.7 Å². The fraction of sp³-hybridized carbons (Fsp3) is 0.231. The first-order chi connectivity index (χ1) is 15.2. The lowest BCUT2D eigenvalue weighted by Gasteiger charge is -2.32. The van der Waals surface area contributed by atoms with Crippen LogP contribution in [0, 0.1) is 5.92 Å². The first-order valence-electron chi connectivity index (χ1n) is 10.6. The van der Waals surface area contributed by atoms with Gasteiger partial charge < -0.3 is 15.0 Å². The maximum absolute atomic E-state index is 12.8. The number of rotatable bonds is 6. The molecule has 0 spiro atoms. The number of nitrogens with zero attached hydrogens (tertiary/aromatic N) is 1. The average molecular weight is 415 g/mol. The highest BCUT2D eigenvalue weighted by Crippen LogP contribution is 2.21. The molecule has 0 atom stereocenters. The highest BCUT2D eigenvalue weighted by Gasteiger charge is 2.24. The van der Waals surface area contributed by atoms with Gasteiger partial charge in [0.2, 0.25) is 0 Å². The van der Waals surface area contributed by atoms with Crippen LogP contribution >= 0.6 is 0 Å². The van der Waals surface area contributed by atoms with Crippen molar-refractivity contribution in [3.63, 3.8) is 0 Å². The fourth-order valence-electron chi connectivity index (χ4n) is 3.71. The second-order valence-corrected chi connectivity index (χ2v) is 7.76. The molecule has 1 fully saturated rings. The third-order valence-corrected chi connectivity index (χ3v) is 5.56. The molecule has 0 aromatic heterocycles. The molecular weight excluding hydrogens is 388 g/mol. The number of nitrogens with one attached hydrogen (secondary N) is 1. The summed E-state index contributed by atoms with van der Waals surface area (Å²) in [5, 5.41) is 2.86. The van der Waals surface area contributed by atoms with E-state index in [0.29, 0.717) is 29.3 Å². The molecule has 1 aliphatic rings. The van der Waals surface area contributed by atoms with E-state index in [9.17, 15) is 9.59 Å². The summed E-state index contributed by atoms with van der Waals surface area (Å²) in [4.78, 5) is 27.0. The third kappa shape index (κ3) is 5.51. The van der Waals surface area contributed by atoms with Crippen molar-refractivity contribution in [3.05, 3.63) is 96.1 Å². The van der Waals surface area contributed by atoms with Crippen LogP contribution in [-0.2, 0) is 0 Å². The number of hydrogen-bond acceptors (Lipinski definition) is 3. The molecule has 0 unspecified atom stereocenters. The molecule has 0 radical (unpaired) electrons. The Balaban J connectivity index is 1.26.